The minimum atomic E-state index is -4.97. The maximum absolute atomic E-state index is 13.9. The minimum Gasteiger partial charge on any atom is -0.403 e. The van der Waals surface area contributed by atoms with E-state index in [1.165, 1.54) is 12.4 Å². The summed E-state index contributed by atoms with van der Waals surface area (Å²) >= 11 is 0. The molecule has 0 fully saturated rings. The Bertz CT molecular complexity index is 935. The van der Waals surface area contributed by atoms with Gasteiger partial charge in [-0.25, -0.2) is 14.4 Å². The third-order valence-electron chi connectivity index (χ3n) is 3.85. The van der Waals surface area contributed by atoms with Gasteiger partial charge < -0.3 is 15.8 Å². The van der Waals surface area contributed by atoms with E-state index >= 15 is 0 Å². The Morgan fingerprint density at radius 1 is 1.04 bits per heavy atom. The topological polar surface area (TPSA) is 73.1 Å². The molecule has 0 saturated heterocycles. The molecule has 1 heterocycles. The first-order valence-electron chi connectivity index (χ1n) is 8.24. The van der Waals surface area contributed by atoms with Gasteiger partial charge in [0.2, 0.25) is 0 Å². The quantitative estimate of drug-likeness (QED) is 0.612. The van der Waals surface area contributed by atoms with E-state index in [4.69, 9.17) is 5.73 Å². The Labute approximate surface area is 158 Å². The van der Waals surface area contributed by atoms with E-state index in [-0.39, 0.29) is 11.6 Å². The maximum atomic E-state index is 13.9. The summed E-state index contributed by atoms with van der Waals surface area (Å²) in [5.74, 6) is -1.60. The largest absolute Gasteiger partial charge is 0.573 e. The molecule has 0 aliphatic carbocycles. The van der Waals surface area contributed by atoms with Crippen LogP contribution in [0.1, 0.15) is 11.6 Å². The van der Waals surface area contributed by atoms with E-state index in [2.05, 4.69) is 20.0 Å². The van der Waals surface area contributed by atoms with Crippen LogP contribution in [0.5, 0.6) is 5.75 Å². The van der Waals surface area contributed by atoms with Crippen molar-refractivity contribution >= 4 is 5.82 Å². The van der Waals surface area contributed by atoms with Crippen LogP contribution >= 0.6 is 0 Å². The molecule has 0 aliphatic rings. The van der Waals surface area contributed by atoms with Crippen molar-refractivity contribution in [3.8, 4) is 17.0 Å². The van der Waals surface area contributed by atoms with Crippen molar-refractivity contribution in [3.05, 3.63) is 72.3 Å². The molecule has 0 aliphatic heterocycles. The standard InChI is InChI=1S/C19H16F4N4O/c20-14-8-13(6-7-17(14)28-19(21,22)23)16-9-18(27-11-26-16)25-10-15(24)12-4-2-1-3-5-12/h1-9,11,15H,10,24H2,(H,25,26,27)/t15-/m0/s1. The van der Waals surface area contributed by atoms with Crippen LogP contribution in [0.25, 0.3) is 11.3 Å². The number of alkyl halides is 3. The molecule has 5 nitrogen and oxygen atoms in total. The predicted molar refractivity (Wildman–Crippen MR) is 96.0 cm³/mol. The molecular weight excluding hydrogens is 376 g/mol. The van der Waals surface area contributed by atoms with Crippen LogP contribution < -0.4 is 15.8 Å². The second kappa shape index (κ2) is 8.22. The molecule has 0 bridgehead atoms. The summed E-state index contributed by atoms with van der Waals surface area (Å²) in [7, 11) is 0. The molecule has 0 saturated carbocycles. The lowest BCUT2D eigenvalue weighted by atomic mass is 10.1. The molecule has 3 aromatic rings. The number of nitrogens with zero attached hydrogens (tertiary/aromatic N) is 2. The molecular formula is C19H16F4N4O. The fraction of sp³-hybridized carbons (Fsp3) is 0.158. The number of halogens is 4. The van der Waals surface area contributed by atoms with Crippen molar-refractivity contribution in [2.45, 2.75) is 12.4 Å². The van der Waals surface area contributed by atoms with E-state index in [1.807, 2.05) is 30.3 Å². The van der Waals surface area contributed by atoms with Crippen molar-refractivity contribution in [3.63, 3.8) is 0 Å². The van der Waals surface area contributed by atoms with Crippen LogP contribution in [0.2, 0.25) is 0 Å². The van der Waals surface area contributed by atoms with Gasteiger partial charge in [0.15, 0.2) is 11.6 Å². The van der Waals surface area contributed by atoms with Gasteiger partial charge in [-0.15, -0.1) is 13.2 Å². The number of benzene rings is 2. The number of nitrogens with one attached hydrogen (secondary N) is 1. The second-order valence-corrected chi connectivity index (χ2v) is 5.88. The van der Waals surface area contributed by atoms with Crippen LogP contribution in [-0.2, 0) is 0 Å². The Morgan fingerprint density at radius 3 is 2.46 bits per heavy atom. The average molecular weight is 392 g/mol. The van der Waals surface area contributed by atoms with Crippen LogP contribution in [0, 0.1) is 5.82 Å². The van der Waals surface area contributed by atoms with Crippen molar-refractivity contribution in [2.24, 2.45) is 5.73 Å². The zero-order valence-electron chi connectivity index (χ0n) is 14.4. The van der Waals surface area contributed by atoms with Crippen LogP contribution in [-0.4, -0.2) is 22.9 Å². The minimum absolute atomic E-state index is 0.268. The average Bonchev–Trinajstić information content (AvgIpc) is 2.67. The van der Waals surface area contributed by atoms with E-state index in [9.17, 15) is 17.6 Å². The van der Waals surface area contributed by atoms with Gasteiger partial charge in [-0.3, -0.25) is 0 Å². The lowest BCUT2D eigenvalue weighted by Gasteiger charge is -2.14. The number of ether oxygens (including phenoxy) is 1. The highest BCUT2D eigenvalue weighted by Crippen LogP contribution is 2.29. The van der Waals surface area contributed by atoms with Gasteiger partial charge in [0.05, 0.1) is 5.69 Å². The Hall–Kier alpha value is -3.20. The molecule has 3 rings (SSSR count). The van der Waals surface area contributed by atoms with Gasteiger partial charge in [-0.05, 0) is 23.8 Å². The molecule has 146 valence electrons. The fourth-order valence-corrected chi connectivity index (χ4v) is 2.51. The summed E-state index contributed by atoms with van der Waals surface area (Å²) in [6.07, 6.45) is -3.70. The summed E-state index contributed by atoms with van der Waals surface area (Å²) in [4.78, 5) is 8.10. The van der Waals surface area contributed by atoms with Gasteiger partial charge in [0.25, 0.3) is 0 Å². The van der Waals surface area contributed by atoms with Crippen molar-refractivity contribution < 1.29 is 22.3 Å². The van der Waals surface area contributed by atoms with Gasteiger partial charge in [-0.2, -0.15) is 0 Å². The van der Waals surface area contributed by atoms with E-state index < -0.39 is 17.9 Å². The number of aromatic nitrogens is 2. The molecule has 2 aromatic carbocycles. The number of rotatable bonds is 6. The molecule has 0 spiro atoms. The highest BCUT2D eigenvalue weighted by molar-refractivity contribution is 5.63. The monoisotopic (exact) mass is 392 g/mol. The Kier molecular flexibility index (Phi) is 5.74. The number of anilines is 1. The first-order valence-corrected chi connectivity index (χ1v) is 8.24. The zero-order valence-corrected chi connectivity index (χ0v) is 14.4. The molecule has 0 radical (unpaired) electrons. The smallest absolute Gasteiger partial charge is 0.403 e. The summed E-state index contributed by atoms with van der Waals surface area (Å²) < 4.78 is 54.3. The lowest BCUT2D eigenvalue weighted by Crippen LogP contribution is -2.21. The van der Waals surface area contributed by atoms with E-state index in [1.54, 1.807) is 6.07 Å². The summed E-state index contributed by atoms with van der Waals surface area (Å²) in [5.41, 5.74) is 7.69. The van der Waals surface area contributed by atoms with E-state index in [0.29, 0.717) is 18.1 Å². The van der Waals surface area contributed by atoms with E-state index in [0.717, 1.165) is 17.7 Å². The predicted octanol–water partition coefficient (Wildman–Crippen LogP) is 4.29. The van der Waals surface area contributed by atoms with Gasteiger partial charge in [-0.1, -0.05) is 30.3 Å². The van der Waals surface area contributed by atoms with Crippen molar-refractivity contribution in [2.75, 3.05) is 11.9 Å². The number of nitrogens with two attached hydrogens (primary N) is 1. The first-order chi connectivity index (χ1) is 13.3. The summed E-state index contributed by atoms with van der Waals surface area (Å²) in [6.45, 7) is 0.396. The molecule has 9 heteroatoms. The number of hydrogen-bond acceptors (Lipinski definition) is 5. The highest BCUT2D eigenvalue weighted by atomic mass is 19.4. The molecule has 1 aromatic heterocycles. The molecule has 3 N–H and O–H groups in total. The van der Waals surface area contributed by atoms with Crippen molar-refractivity contribution in [1.29, 1.82) is 0 Å². The summed E-state index contributed by atoms with van der Waals surface area (Å²) in [5, 5.41) is 3.07. The number of hydrogen-bond donors (Lipinski definition) is 2. The molecule has 0 unspecified atom stereocenters. The van der Waals surface area contributed by atoms with Crippen LogP contribution in [0.4, 0.5) is 23.4 Å². The van der Waals surface area contributed by atoms with Gasteiger partial charge in [0, 0.05) is 24.2 Å². The maximum Gasteiger partial charge on any atom is 0.573 e. The van der Waals surface area contributed by atoms with Gasteiger partial charge >= 0.3 is 6.36 Å². The third kappa shape index (κ3) is 5.17. The molecule has 0 amide bonds. The third-order valence-corrected chi connectivity index (χ3v) is 3.85. The van der Waals surface area contributed by atoms with Crippen molar-refractivity contribution in [1.82, 2.24) is 9.97 Å². The Morgan fingerprint density at radius 2 is 1.79 bits per heavy atom. The first kappa shape index (κ1) is 19.6. The summed E-state index contributed by atoms with van der Waals surface area (Å²) in [6, 6.07) is 13.9. The fourth-order valence-electron chi connectivity index (χ4n) is 2.51. The molecule has 28 heavy (non-hydrogen) atoms. The van der Waals surface area contributed by atoms with Crippen LogP contribution in [0.15, 0.2) is 60.9 Å². The van der Waals surface area contributed by atoms with Gasteiger partial charge in [0.1, 0.15) is 12.1 Å². The lowest BCUT2D eigenvalue weighted by molar-refractivity contribution is -0.275. The van der Waals surface area contributed by atoms with Crippen LogP contribution in [0.3, 0.4) is 0 Å². The Balaban J connectivity index is 1.72. The molecule has 1 atom stereocenters. The second-order valence-electron chi connectivity index (χ2n) is 5.88. The highest BCUT2D eigenvalue weighted by Gasteiger charge is 2.32. The normalized spacial score (nSPS) is 12.5. The SMILES string of the molecule is N[C@@H](CNc1cc(-c2ccc(OC(F)(F)F)c(F)c2)ncn1)c1ccccc1. The zero-order chi connectivity index (χ0) is 20.1.